The molecule has 0 radical (unpaired) electrons. The Morgan fingerprint density at radius 2 is 1.34 bits per heavy atom. The summed E-state index contributed by atoms with van der Waals surface area (Å²) in [5.41, 5.74) is 2.48. The van der Waals surface area contributed by atoms with Crippen LogP contribution in [0.2, 0.25) is 18.1 Å². The van der Waals surface area contributed by atoms with Gasteiger partial charge in [0.1, 0.15) is 0 Å². The molecular weight excluding hydrogens is 429 g/mol. The molecule has 0 amide bonds. The van der Waals surface area contributed by atoms with Crippen LogP contribution < -0.4 is 15.7 Å². The van der Waals surface area contributed by atoms with Crippen molar-refractivity contribution in [2.45, 2.75) is 57.5 Å². The normalized spacial score (nSPS) is 19.0. The molecule has 3 aromatic rings. The van der Waals surface area contributed by atoms with E-state index in [1.165, 1.54) is 11.1 Å². The van der Waals surface area contributed by atoms with E-state index in [2.05, 4.69) is 63.2 Å². The molecule has 0 aliphatic heterocycles. The van der Waals surface area contributed by atoms with Crippen molar-refractivity contribution in [1.82, 2.24) is 5.09 Å². The van der Waals surface area contributed by atoms with Crippen molar-refractivity contribution in [3.8, 4) is 0 Å². The number of hydrogen-bond acceptors (Lipinski definition) is 2. The van der Waals surface area contributed by atoms with Gasteiger partial charge in [0.25, 0.3) is 0 Å². The molecule has 0 aromatic heterocycles. The van der Waals surface area contributed by atoms with Crippen molar-refractivity contribution in [1.29, 1.82) is 0 Å². The zero-order valence-electron chi connectivity index (χ0n) is 19.7. The molecule has 3 aromatic carbocycles. The molecule has 0 bridgehead atoms. The second-order valence-electron chi connectivity index (χ2n) is 10.2. The Kier molecular flexibility index (Phi) is 6.35. The third-order valence-corrected chi connectivity index (χ3v) is 14.2. The molecule has 0 unspecified atom stereocenters. The fourth-order valence-electron chi connectivity index (χ4n) is 4.15. The van der Waals surface area contributed by atoms with Gasteiger partial charge < -0.3 is 4.43 Å². The highest BCUT2D eigenvalue weighted by molar-refractivity contribution is 7.76. The second-order valence-corrected chi connectivity index (χ2v) is 17.5. The fraction of sp³-hybridized carbons (Fsp3) is 0.333. The number of benzene rings is 3. The van der Waals surface area contributed by atoms with E-state index < -0.39 is 15.6 Å². The van der Waals surface area contributed by atoms with Crippen LogP contribution in [-0.4, -0.2) is 14.4 Å². The monoisotopic (exact) mass is 463 g/mol. The van der Waals surface area contributed by atoms with Gasteiger partial charge in [0, 0.05) is 10.6 Å². The predicted molar refractivity (Wildman–Crippen MR) is 138 cm³/mol. The molecule has 3 nitrogen and oxygen atoms in total. The predicted octanol–water partition coefficient (Wildman–Crippen LogP) is 6.19. The Hall–Kier alpha value is -1.97. The van der Waals surface area contributed by atoms with E-state index in [4.69, 9.17) is 4.43 Å². The molecule has 0 heterocycles. The number of rotatable bonds is 6. The van der Waals surface area contributed by atoms with E-state index in [9.17, 15) is 4.57 Å². The summed E-state index contributed by atoms with van der Waals surface area (Å²) in [6, 6.07) is 28.0. The lowest BCUT2D eigenvalue weighted by Gasteiger charge is -2.40. The molecule has 2 atom stereocenters. The van der Waals surface area contributed by atoms with Crippen LogP contribution in [0.25, 0.3) is 0 Å². The molecule has 168 valence electrons. The summed E-state index contributed by atoms with van der Waals surface area (Å²) in [4.78, 5) is 0. The van der Waals surface area contributed by atoms with Gasteiger partial charge in [-0.1, -0.05) is 81.4 Å². The molecule has 1 aliphatic rings. The topological polar surface area (TPSA) is 38.3 Å². The van der Waals surface area contributed by atoms with Crippen LogP contribution >= 0.6 is 7.29 Å². The van der Waals surface area contributed by atoms with Crippen LogP contribution in [0.5, 0.6) is 0 Å². The average Bonchev–Trinajstić information content (AvgIpc) is 3.10. The van der Waals surface area contributed by atoms with E-state index in [-0.39, 0.29) is 17.2 Å². The molecule has 0 saturated heterocycles. The van der Waals surface area contributed by atoms with Crippen LogP contribution in [0, 0.1) is 0 Å². The Morgan fingerprint density at radius 3 is 1.88 bits per heavy atom. The van der Waals surface area contributed by atoms with Crippen molar-refractivity contribution in [3.05, 3.63) is 96.1 Å². The Balaban J connectivity index is 1.78. The number of fused-ring (bicyclic) bond motifs is 1. The molecule has 0 fully saturated rings. The van der Waals surface area contributed by atoms with E-state index in [1.54, 1.807) is 0 Å². The zero-order chi connectivity index (χ0) is 23.0. The maximum Gasteiger partial charge on any atom is 0.205 e. The van der Waals surface area contributed by atoms with Crippen LogP contribution in [0.15, 0.2) is 84.9 Å². The zero-order valence-corrected chi connectivity index (χ0v) is 21.6. The maximum absolute atomic E-state index is 14.7. The summed E-state index contributed by atoms with van der Waals surface area (Å²) in [6.45, 7) is 11.4. The molecule has 0 spiro atoms. The van der Waals surface area contributed by atoms with Crippen molar-refractivity contribution >= 4 is 26.2 Å². The first-order valence-electron chi connectivity index (χ1n) is 11.4. The van der Waals surface area contributed by atoms with Crippen molar-refractivity contribution in [2.24, 2.45) is 0 Å². The van der Waals surface area contributed by atoms with Crippen LogP contribution in [0.4, 0.5) is 0 Å². The second kappa shape index (κ2) is 8.76. The Labute approximate surface area is 193 Å². The van der Waals surface area contributed by atoms with Crippen molar-refractivity contribution < 1.29 is 8.99 Å². The minimum absolute atomic E-state index is 0.0472. The van der Waals surface area contributed by atoms with Gasteiger partial charge >= 0.3 is 0 Å². The molecule has 0 saturated carbocycles. The first-order chi connectivity index (χ1) is 15.1. The van der Waals surface area contributed by atoms with Gasteiger partial charge in [0.2, 0.25) is 7.29 Å². The van der Waals surface area contributed by atoms with Gasteiger partial charge in [-0.05, 0) is 59.9 Å². The third-order valence-electron chi connectivity index (χ3n) is 7.00. The van der Waals surface area contributed by atoms with Crippen LogP contribution in [-0.2, 0) is 15.4 Å². The van der Waals surface area contributed by atoms with Gasteiger partial charge in [0.05, 0.1) is 12.1 Å². The average molecular weight is 464 g/mol. The number of hydrogen-bond donors (Lipinski definition) is 1. The Morgan fingerprint density at radius 1 is 0.844 bits per heavy atom. The first-order valence-corrected chi connectivity index (χ1v) is 16.0. The van der Waals surface area contributed by atoms with Gasteiger partial charge in [0.15, 0.2) is 8.32 Å². The number of nitrogens with one attached hydrogen (secondary N) is 1. The van der Waals surface area contributed by atoms with E-state index in [0.29, 0.717) is 0 Å². The van der Waals surface area contributed by atoms with Gasteiger partial charge in [-0.2, -0.15) is 0 Å². The first kappa shape index (κ1) is 23.2. The lowest BCUT2D eigenvalue weighted by atomic mass is 10.1. The van der Waals surface area contributed by atoms with Crippen LogP contribution in [0.3, 0.4) is 0 Å². The minimum Gasteiger partial charge on any atom is -0.412 e. The highest BCUT2D eigenvalue weighted by Crippen LogP contribution is 2.47. The van der Waals surface area contributed by atoms with Gasteiger partial charge in [-0.15, -0.1) is 0 Å². The standard InChI is InChI=1S/C27H34NO2PSi/c1-27(2,3)32(4,5)30-25-20-21-14-12-13-19-24(21)26(25)28-31(29,22-15-8-6-9-16-22)23-17-10-7-11-18-23/h6-19,25-26H,20H2,1-5H3,(H,28,29)/t25-,26+/m1/s1. The highest BCUT2D eigenvalue weighted by Gasteiger charge is 2.45. The summed E-state index contributed by atoms with van der Waals surface area (Å²) in [5.74, 6) is 0. The summed E-state index contributed by atoms with van der Waals surface area (Å²) < 4.78 is 21.7. The summed E-state index contributed by atoms with van der Waals surface area (Å²) in [7, 11) is -5.10. The van der Waals surface area contributed by atoms with Crippen molar-refractivity contribution in [2.75, 3.05) is 0 Å². The largest absolute Gasteiger partial charge is 0.412 e. The summed E-state index contributed by atoms with van der Waals surface area (Å²) in [6.07, 6.45) is 0.790. The minimum atomic E-state index is -3.09. The summed E-state index contributed by atoms with van der Waals surface area (Å²) in [5, 5.41) is 5.41. The molecule has 1 aliphatic carbocycles. The van der Waals surface area contributed by atoms with Gasteiger partial charge in [-0.3, -0.25) is 4.57 Å². The molecule has 5 heteroatoms. The van der Waals surface area contributed by atoms with Crippen molar-refractivity contribution in [3.63, 3.8) is 0 Å². The highest BCUT2D eigenvalue weighted by atomic mass is 31.2. The SMILES string of the molecule is CC(C)(C)[Si](C)(C)O[C@@H]1Cc2ccccc2[C@@H]1NP(=O)(c1ccccc1)c1ccccc1. The smallest absolute Gasteiger partial charge is 0.205 e. The maximum atomic E-state index is 14.7. The molecule has 32 heavy (non-hydrogen) atoms. The molecule has 1 N–H and O–H groups in total. The lowest BCUT2D eigenvalue weighted by molar-refractivity contribution is 0.158. The van der Waals surface area contributed by atoms with Crippen LogP contribution in [0.1, 0.15) is 37.9 Å². The quantitative estimate of drug-likeness (QED) is 0.350. The van der Waals surface area contributed by atoms with E-state index in [1.807, 2.05) is 60.7 Å². The fourth-order valence-corrected chi connectivity index (χ4v) is 7.95. The lowest BCUT2D eigenvalue weighted by Crippen LogP contribution is -2.47. The van der Waals surface area contributed by atoms with E-state index in [0.717, 1.165) is 17.0 Å². The molecule has 4 rings (SSSR count). The molecular formula is C27H34NO2PSi. The third kappa shape index (κ3) is 4.42. The van der Waals surface area contributed by atoms with E-state index >= 15 is 0 Å². The summed E-state index contributed by atoms with van der Waals surface area (Å²) >= 11 is 0. The Bertz CT molecular complexity index is 1070. The van der Waals surface area contributed by atoms with Gasteiger partial charge in [-0.25, -0.2) is 5.09 Å².